The number of aromatic nitrogens is 1. The van der Waals surface area contributed by atoms with Gasteiger partial charge in [0.1, 0.15) is 0 Å². The molecule has 0 aliphatic heterocycles. The van der Waals surface area contributed by atoms with Gasteiger partial charge in [-0.15, -0.1) is 0 Å². The van der Waals surface area contributed by atoms with Crippen molar-refractivity contribution in [2.45, 2.75) is 19.3 Å². The SMILES string of the molecule is CC1(C)c2ccccc2-c2cc3c4ccccc4n(-c4ccc(-c5ccc(N(c6ccccc6)c6ccc(-c7ccccc7)cc6)cc5)cc4)c3cc21. The molecule has 2 heteroatoms. The number of fused-ring (bicyclic) bond motifs is 6. The smallest absolute Gasteiger partial charge is 0.0544 e. The van der Waals surface area contributed by atoms with E-state index in [0.717, 1.165) is 17.1 Å². The van der Waals surface area contributed by atoms with Gasteiger partial charge in [-0.3, -0.25) is 0 Å². The van der Waals surface area contributed by atoms with E-state index in [1.54, 1.807) is 0 Å². The fourth-order valence-corrected chi connectivity index (χ4v) is 8.51. The first kappa shape index (κ1) is 31.1. The maximum atomic E-state index is 2.45. The molecule has 1 aromatic heterocycles. The Morgan fingerprint density at radius 1 is 0.377 bits per heavy atom. The molecule has 8 aromatic carbocycles. The van der Waals surface area contributed by atoms with E-state index in [9.17, 15) is 0 Å². The Hall–Kier alpha value is -6.64. The molecular formula is C51H38N2. The molecule has 2 nitrogen and oxygen atoms in total. The summed E-state index contributed by atoms with van der Waals surface area (Å²) in [6.07, 6.45) is 0. The van der Waals surface area contributed by atoms with Crippen LogP contribution in [0.15, 0.2) is 194 Å². The van der Waals surface area contributed by atoms with Crippen molar-refractivity contribution in [3.8, 4) is 39.1 Å². The minimum Gasteiger partial charge on any atom is -0.311 e. The van der Waals surface area contributed by atoms with Crippen LogP contribution in [0.3, 0.4) is 0 Å². The minimum atomic E-state index is -0.0564. The zero-order valence-electron chi connectivity index (χ0n) is 29.9. The summed E-state index contributed by atoms with van der Waals surface area (Å²) < 4.78 is 2.44. The molecular weight excluding hydrogens is 641 g/mol. The van der Waals surface area contributed by atoms with E-state index >= 15 is 0 Å². The van der Waals surface area contributed by atoms with Gasteiger partial charge in [-0.2, -0.15) is 0 Å². The lowest BCUT2D eigenvalue weighted by Crippen LogP contribution is -2.14. The number of hydrogen-bond acceptors (Lipinski definition) is 1. The van der Waals surface area contributed by atoms with Gasteiger partial charge < -0.3 is 9.47 Å². The second kappa shape index (κ2) is 12.3. The molecule has 0 radical (unpaired) electrons. The van der Waals surface area contributed by atoms with E-state index in [-0.39, 0.29) is 5.41 Å². The highest BCUT2D eigenvalue weighted by Crippen LogP contribution is 2.51. The molecule has 1 aliphatic rings. The van der Waals surface area contributed by atoms with Crippen LogP contribution in [0.5, 0.6) is 0 Å². The molecule has 9 aromatic rings. The van der Waals surface area contributed by atoms with Crippen molar-refractivity contribution in [3.63, 3.8) is 0 Å². The predicted molar refractivity (Wildman–Crippen MR) is 224 cm³/mol. The average molecular weight is 679 g/mol. The highest BCUT2D eigenvalue weighted by molar-refractivity contribution is 6.11. The van der Waals surface area contributed by atoms with Crippen molar-refractivity contribution in [1.29, 1.82) is 0 Å². The van der Waals surface area contributed by atoms with Crippen molar-refractivity contribution < 1.29 is 0 Å². The topological polar surface area (TPSA) is 8.17 Å². The fraction of sp³-hybridized carbons (Fsp3) is 0.0588. The molecule has 0 bridgehead atoms. The van der Waals surface area contributed by atoms with Crippen LogP contribution in [0, 0.1) is 0 Å². The van der Waals surface area contributed by atoms with Crippen LogP contribution in [0.25, 0.3) is 60.9 Å². The largest absolute Gasteiger partial charge is 0.311 e. The van der Waals surface area contributed by atoms with Crippen molar-refractivity contribution in [1.82, 2.24) is 4.57 Å². The first-order valence-electron chi connectivity index (χ1n) is 18.4. The van der Waals surface area contributed by atoms with Gasteiger partial charge >= 0.3 is 0 Å². The lowest BCUT2D eigenvalue weighted by atomic mass is 9.82. The van der Waals surface area contributed by atoms with Crippen LogP contribution in [0.1, 0.15) is 25.0 Å². The summed E-state index contributed by atoms with van der Waals surface area (Å²) in [6.45, 7) is 4.72. The van der Waals surface area contributed by atoms with Crippen LogP contribution < -0.4 is 4.90 Å². The summed E-state index contributed by atoms with van der Waals surface area (Å²) in [5.41, 5.74) is 17.3. The lowest BCUT2D eigenvalue weighted by molar-refractivity contribution is 0.661. The Morgan fingerprint density at radius 2 is 0.887 bits per heavy atom. The van der Waals surface area contributed by atoms with Crippen molar-refractivity contribution in [3.05, 3.63) is 205 Å². The summed E-state index contributed by atoms with van der Waals surface area (Å²) >= 11 is 0. The zero-order chi connectivity index (χ0) is 35.5. The maximum Gasteiger partial charge on any atom is 0.0544 e. The van der Waals surface area contributed by atoms with Crippen molar-refractivity contribution >= 4 is 38.9 Å². The predicted octanol–water partition coefficient (Wildman–Crippen LogP) is 13.9. The van der Waals surface area contributed by atoms with Crippen LogP contribution >= 0.6 is 0 Å². The molecule has 0 atom stereocenters. The van der Waals surface area contributed by atoms with E-state index in [1.165, 1.54) is 72.0 Å². The summed E-state index contributed by atoms with van der Waals surface area (Å²) in [5, 5.41) is 2.58. The number of nitrogens with zero attached hydrogens (tertiary/aromatic N) is 2. The molecule has 252 valence electrons. The Morgan fingerprint density at radius 3 is 1.55 bits per heavy atom. The third-order valence-corrected chi connectivity index (χ3v) is 11.2. The molecule has 10 rings (SSSR count). The lowest BCUT2D eigenvalue weighted by Gasteiger charge is -2.26. The maximum absolute atomic E-state index is 2.45. The van der Waals surface area contributed by atoms with Gasteiger partial charge in [0.2, 0.25) is 0 Å². The molecule has 0 fully saturated rings. The van der Waals surface area contributed by atoms with Crippen molar-refractivity contribution in [2.24, 2.45) is 0 Å². The molecule has 0 N–H and O–H groups in total. The van der Waals surface area contributed by atoms with Crippen molar-refractivity contribution in [2.75, 3.05) is 4.90 Å². The van der Waals surface area contributed by atoms with E-state index in [1.807, 2.05) is 0 Å². The van der Waals surface area contributed by atoms with E-state index in [2.05, 4.69) is 217 Å². The molecule has 1 heterocycles. The highest BCUT2D eigenvalue weighted by Gasteiger charge is 2.36. The molecule has 0 saturated carbocycles. The average Bonchev–Trinajstić information content (AvgIpc) is 3.66. The van der Waals surface area contributed by atoms with Gasteiger partial charge in [-0.25, -0.2) is 0 Å². The van der Waals surface area contributed by atoms with Crippen LogP contribution in [-0.2, 0) is 5.41 Å². The second-order valence-electron chi connectivity index (χ2n) is 14.6. The van der Waals surface area contributed by atoms with E-state index in [0.29, 0.717) is 0 Å². The second-order valence-corrected chi connectivity index (χ2v) is 14.6. The standard InChI is InChI=1S/C51H38N2/c1-51(2)47-19-11-9-17-43(47)45-33-46-44-18-10-12-20-49(44)53(50(46)34-48(45)51)42-31-25-38(26-32-42)37-23-29-41(30-24-37)52(39-15-7-4-8-16-39)40-27-21-36(22-28-40)35-13-5-3-6-14-35/h3-34H,1-2H3. The Bertz CT molecular complexity index is 2760. The summed E-state index contributed by atoms with van der Waals surface area (Å²) in [7, 11) is 0. The normalized spacial score (nSPS) is 12.9. The molecule has 0 unspecified atom stereocenters. The Labute approximate surface area is 310 Å². The number of rotatable bonds is 6. The van der Waals surface area contributed by atoms with Crippen LogP contribution in [0.4, 0.5) is 17.1 Å². The Kier molecular flexibility index (Phi) is 7.19. The summed E-state index contributed by atoms with van der Waals surface area (Å²) in [6, 6.07) is 70.6. The minimum absolute atomic E-state index is 0.0564. The number of hydrogen-bond donors (Lipinski definition) is 0. The van der Waals surface area contributed by atoms with Crippen LogP contribution in [-0.4, -0.2) is 4.57 Å². The Balaban J connectivity index is 1.00. The quantitative estimate of drug-likeness (QED) is 0.170. The first-order valence-corrected chi connectivity index (χ1v) is 18.4. The summed E-state index contributed by atoms with van der Waals surface area (Å²) in [5.74, 6) is 0. The monoisotopic (exact) mass is 678 g/mol. The zero-order valence-corrected chi connectivity index (χ0v) is 29.9. The first-order chi connectivity index (χ1) is 26.0. The number of para-hydroxylation sites is 2. The molecule has 53 heavy (non-hydrogen) atoms. The van der Waals surface area contributed by atoms with Gasteiger partial charge in [0.05, 0.1) is 11.0 Å². The molecule has 0 amide bonds. The van der Waals surface area contributed by atoms with Gasteiger partial charge in [0, 0.05) is 38.9 Å². The number of anilines is 3. The molecule has 0 saturated heterocycles. The number of benzene rings is 8. The van der Waals surface area contributed by atoms with E-state index in [4.69, 9.17) is 0 Å². The highest BCUT2D eigenvalue weighted by atomic mass is 15.1. The third-order valence-electron chi connectivity index (χ3n) is 11.2. The third kappa shape index (κ3) is 5.10. The molecule has 0 spiro atoms. The van der Waals surface area contributed by atoms with Gasteiger partial charge in [0.25, 0.3) is 0 Å². The van der Waals surface area contributed by atoms with Gasteiger partial charge in [-0.1, -0.05) is 141 Å². The van der Waals surface area contributed by atoms with Crippen LogP contribution in [0.2, 0.25) is 0 Å². The molecule has 1 aliphatic carbocycles. The summed E-state index contributed by atoms with van der Waals surface area (Å²) in [4.78, 5) is 2.32. The fourth-order valence-electron chi connectivity index (χ4n) is 8.51. The van der Waals surface area contributed by atoms with Gasteiger partial charge in [-0.05, 0) is 111 Å². The van der Waals surface area contributed by atoms with Gasteiger partial charge in [0.15, 0.2) is 0 Å². The van der Waals surface area contributed by atoms with E-state index < -0.39 is 0 Å².